The third kappa shape index (κ3) is 4.36. The lowest BCUT2D eigenvalue weighted by Gasteiger charge is -2.08. The smallest absolute Gasteiger partial charge is 0.328 e. The fourth-order valence-electron chi connectivity index (χ4n) is 1.83. The molecule has 0 bridgehead atoms. The highest BCUT2D eigenvalue weighted by molar-refractivity contribution is 6.32. The predicted octanol–water partition coefficient (Wildman–Crippen LogP) is 4.79. The van der Waals surface area contributed by atoms with Crippen LogP contribution >= 0.6 is 11.6 Å². The summed E-state index contributed by atoms with van der Waals surface area (Å²) in [6.07, 6.45) is 3.44. The van der Waals surface area contributed by atoms with E-state index < -0.39 is 5.97 Å². The van der Waals surface area contributed by atoms with E-state index in [4.69, 9.17) is 21.4 Å². The molecule has 2 aromatic carbocycles. The highest BCUT2D eigenvalue weighted by Gasteiger charge is 2.03. The van der Waals surface area contributed by atoms with Crippen molar-refractivity contribution in [2.75, 3.05) is 0 Å². The van der Waals surface area contributed by atoms with Gasteiger partial charge in [-0.3, -0.25) is 0 Å². The van der Waals surface area contributed by atoms with E-state index in [9.17, 15) is 4.79 Å². The molecule has 3 nitrogen and oxygen atoms in total. The normalized spacial score (nSPS) is 10.8. The Labute approximate surface area is 128 Å². The van der Waals surface area contributed by atoms with Gasteiger partial charge in [0.25, 0.3) is 0 Å². The molecular formula is C17H15ClO3. The van der Waals surface area contributed by atoms with Crippen molar-refractivity contribution in [3.8, 4) is 11.5 Å². The molecule has 0 amide bonds. The predicted molar refractivity (Wildman–Crippen MR) is 84.0 cm³/mol. The average molecular weight is 303 g/mol. The number of rotatable bonds is 5. The number of aryl methyl sites for hydroxylation is 1. The number of carbonyl (C=O) groups is 1. The van der Waals surface area contributed by atoms with Crippen molar-refractivity contribution < 1.29 is 14.6 Å². The van der Waals surface area contributed by atoms with Gasteiger partial charge in [0, 0.05) is 6.08 Å². The Kier molecular flexibility index (Phi) is 5.01. The van der Waals surface area contributed by atoms with Gasteiger partial charge < -0.3 is 9.84 Å². The van der Waals surface area contributed by atoms with Crippen molar-refractivity contribution in [3.63, 3.8) is 0 Å². The van der Waals surface area contributed by atoms with Gasteiger partial charge in [-0.1, -0.05) is 30.7 Å². The van der Waals surface area contributed by atoms with Gasteiger partial charge in [0.15, 0.2) is 0 Å². The van der Waals surface area contributed by atoms with Crippen LogP contribution in [0.15, 0.2) is 48.5 Å². The van der Waals surface area contributed by atoms with Gasteiger partial charge in [-0.05, 0) is 54.0 Å². The maximum Gasteiger partial charge on any atom is 0.328 e. The number of ether oxygens (including phenoxy) is 1. The molecule has 0 spiro atoms. The first-order valence-electron chi connectivity index (χ1n) is 6.56. The number of hydrogen-bond donors (Lipinski definition) is 1. The monoisotopic (exact) mass is 302 g/mol. The Morgan fingerprint density at radius 2 is 2.00 bits per heavy atom. The van der Waals surface area contributed by atoms with Crippen LogP contribution in [0.2, 0.25) is 5.02 Å². The summed E-state index contributed by atoms with van der Waals surface area (Å²) >= 11 is 6.11. The van der Waals surface area contributed by atoms with Crippen molar-refractivity contribution in [2.45, 2.75) is 13.3 Å². The summed E-state index contributed by atoms with van der Waals surface area (Å²) in [4.78, 5) is 10.5. The second kappa shape index (κ2) is 6.95. The molecule has 108 valence electrons. The summed E-state index contributed by atoms with van der Waals surface area (Å²) in [7, 11) is 0. The van der Waals surface area contributed by atoms with Crippen molar-refractivity contribution in [3.05, 3.63) is 64.7 Å². The fourth-order valence-corrected chi connectivity index (χ4v) is 2.07. The molecule has 0 aliphatic rings. The van der Waals surface area contributed by atoms with Crippen LogP contribution in [-0.2, 0) is 11.2 Å². The minimum Gasteiger partial charge on any atom is -0.478 e. The zero-order valence-corrected chi connectivity index (χ0v) is 12.3. The quantitative estimate of drug-likeness (QED) is 0.808. The van der Waals surface area contributed by atoms with E-state index in [1.165, 1.54) is 11.6 Å². The number of carboxylic acids is 1. The summed E-state index contributed by atoms with van der Waals surface area (Å²) in [6, 6.07) is 13.0. The molecule has 21 heavy (non-hydrogen) atoms. The lowest BCUT2D eigenvalue weighted by molar-refractivity contribution is -0.131. The summed E-state index contributed by atoms with van der Waals surface area (Å²) < 4.78 is 5.76. The fraction of sp³-hybridized carbons (Fsp3) is 0.118. The molecule has 0 unspecified atom stereocenters. The van der Waals surface area contributed by atoms with Gasteiger partial charge >= 0.3 is 5.97 Å². The van der Waals surface area contributed by atoms with E-state index in [0.717, 1.165) is 18.2 Å². The molecule has 2 rings (SSSR count). The van der Waals surface area contributed by atoms with Gasteiger partial charge in [0.1, 0.15) is 11.5 Å². The minimum absolute atomic E-state index is 0.441. The van der Waals surface area contributed by atoms with Crippen molar-refractivity contribution in [2.24, 2.45) is 0 Å². The second-order valence-electron chi connectivity index (χ2n) is 4.46. The number of benzene rings is 2. The van der Waals surface area contributed by atoms with Crippen molar-refractivity contribution in [1.29, 1.82) is 0 Å². The topological polar surface area (TPSA) is 46.5 Å². The van der Waals surface area contributed by atoms with E-state index in [-0.39, 0.29) is 0 Å². The first-order valence-corrected chi connectivity index (χ1v) is 6.93. The Morgan fingerprint density at radius 3 is 2.67 bits per heavy atom. The molecule has 0 aromatic heterocycles. The number of hydrogen-bond acceptors (Lipinski definition) is 2. The van der Waals surface area contributed by atoms with Gasteiger partial charge in [0.2, 0.25) is 0 Å². The molecule has 0 aliphatic heterocycles. The maximum absolute atomic E-state index is 10.5. The van der Waals surface area contributed by atoms with Crippen LogP contribution in [-0.4, -0.2) is 11.1 Å². The van der Waals surface area contributed by atoms with Crippen LogP contribution in [0.4, 0.5) is 0 Å². The molecule has 0 radical (unpaired) electrons. The molecule has 0 saturated heterocycles. The van der Waals surface area contributed by atoms with Gasteiger partial charge in [-0.25, -0.2) is 4.79 Å². The summed E-state index contributed by atoms with van der Waals surface area (Å²) in [5.74, 6) is 0.350. The summed E-state index contributed by atoms with van der Waals surface area (Å²) in [6.45, 7) is 2.08. The Morgan fingerprint density at radius 1 is 1.24 bits per heavy atom. The zero-order valence-electron chi connectivity index (χ0n) is 11.5. The van der Waals surface area contributed by atoms with Gasteiger partial charge in [-0.2, -0.15) is 0 Å². The van der Waals surface area contributed by atoms with E-state index in [2.05, 4.69) is 6.92 Å². The standard InChI is InChI=1S/C17H15ClO3/c1-2-12-4-3-5-14(10-12)21-15-8-6-13(16(18)11-15)7-9-17(19)20/h3-11H,2H2,1H3,(H,19,20)/b9-7+. The highest BCUT2D eigenvalue weighted by Crippen LogP contribution is 2.28. The van der Waals surface area contributed by atoms with Crippen LogP contribution in [0.25, 0.3) is 6.08 Å². The molecule has 0 aliphatic carbocycles. The van der Waals surface area contributed by atoms with Crippen LogP contribution in [0.3, 0.4) is 0 Å². The maximum atomic E-state index is 10.5. The Hall–Kier alpha value is -2.26. The molecule has 0 heterocycles. The number of carboxylic acid groups (broad SMARTS) is 1. The number of halogens is 1. The van der Waals surface area contributed by atoms with E-state index >= 15 is 0 Å². The van der Waals surface area contributed by atoms with Crippen molar-refractivity contribution in [1.82, 2.24) is 0 Å². The third-order valence-corrected chi connectivity index (χ3v) is 3.25. The SMILES string of the molecule is CCc1cccc(Oc2ccc(/C=C/C(=O)O)c(Cl)c2)c1. The van der Waals surface area contributed by atoms with Crippen molar-refractivity contribution >= 4 is 23.6 Å². The highest BCUT2D eigenvalue weighted by atomic mass is 35.5. The average Bonchev–Trinajstić information content (AvgIpc) is 2.46. The molecule has 0 atom stereocenters. The molecule has 4 heteroatoms. The lowest BCUT2D eigenvalue weighted by Crippen LogP contribution is -1.88. The van der Waals surface area contributed by atoms with Crippen LogP contribution in [0.5, 0.6) is 11.5 Å². The van der Waals surface area contributed by atoms with Crippen LogP contribution in [0, 0.1) is 0 Å². The largest absolute Gasteiger partial charge is 0.478 e. The summed E-state index contributed by atoms with van der Waals surface area (Å²) in [5.41, 5.74) is 1.83. The zero-order chi connectivity index (χ0) is 15.2. The second-order valence-corrected chi connectivity index (χ2v) is 4.87. The lowest BCUT2D eigenvalue weighted by atomic mass is 10.1. The molecule has 0 fully saturated rings. The van der Waals surface area contributed by atoms with Crippen LogP contribution in [0.1, 0.15) is 18.1 Å². The van der Waals surface area contributed by atoms with E-state index in [1.54, 1.807) is 18.2 Å². The minimum atomic E-state index is -1.01. The molecular weight excluding hydrogens is 288 g/mol. The van der Waals surface area contributed by atoms with Gasteiger partial charge in [-0.15, -0.1) is 0 Å². The molecule has 1 N–H and O–H groups in total. The third-order valence-electron chi connectivity index (χ3n) is 2.92. The summed E-state index contributed by atoms with van der Waals surface area (Å²) in [5, 5.41) is 9.05. The van der Waals surface area contributed by atoms with E-state index in [1.807, 2.05) is 24.3 Å². The first kappa shape index (κ1) is 15.1. The Bertz CT molecular complexity index is 677. The Balaban J connectivity index is 2.18. The van der Waals surface area contributed by atoms with E-state index in [0.29, 0.717) is 16.3 Å². The molecule has 0 saturated carbocycles. The number of aliphatic carboxylic acids is 1. The first-order chi connectivity index (χ1) is 10.1. The molecule has 2 aromatic rings. The van der Waals surface area contributed by atoms with Crippen LogP contribution < -0.4 is 4.74 Å². The van der Waals surface area contributed by atoms with Gasteiger partial charge in [0.05, 0.1) is 5.02 Å².